The standard InChI is InChI=1S/C15H23NO4S/c1-5-11-21(18,19)16-13(12-9-7-6-8-10-12)14(17)20-15(2,3)4/h6-10,13,16H,5,11H2,1-4H3/t13-/m1/s1. The normalized spacial score (nSPS) is 13.7. The molecule has 0 aliphatic heterocycles. The van der Waals surface area contributed by atoms with Gasteiger partial charge in [0, 0.05) is 0 Å². The van der Waals surface area contributed by atoms with Crippen LogP contribution in [-0.2, 0) is 19.6 Å². The number of ether oxygens (including phenoxy) is 1. The number of rotatable bonds is 6. The fraction of sp³-hybridized carbons (Fsp3) is 0.533. The largest absolute Gasteiger partial charge is 0.459 e. The van der Waals surface area contributed by atoms with E-state index in [0.717, 1.165) is 0 Å². The lowest BCUT2D eigenvalue weighted by Crippen LogP contribution is -2.38. The number of sulfonamides is 1. The number of hydrogen-bond donors (Lipinski definition) is 1. The van der Waals surface area contributed by atoms with E-state index in [1.807, 2.05) is 0 Å². The summed E-state index contributed by atoms with van der Waals surface area (Å²) in [6.45, 7) is 7.00. The maximum absolute atomic E-state index is 12.3. The number of nitrogens with one attached hydrogen (secondary N) is 1. The zero-order chi connectivity index (χ0) is 16.1. The Morgan fingerprint density at radius 2 is 1.81 bits per heavy atom. The molecule has 0 saturated carbocycles. The second-order valence-corrected chi connectivity index (χ2v) is 7.69. The van der Waals surface area contributed by atoms with Crippen molar-refractivity contribution in [3.63, 3.8) is 0 Å². The van der Waals surface area contributed by atoms with E-state index in [1.165, 1.54) is 0 Å². The molecule has 0 aromatic heterocycles. The van der Waals surface area contributed by atoms with Gasteiger partial charge in [-0.3, -0.25) is 0 Å². The third kappa shape index (κ3) is 6.27. The first-order valence-electron chi connectivity index (χ1n) is 6.92. The van der Waals surface area contributed by atoms with Crippen molar-refractivity contribution in [2.45, 2.75) is 45.8 Å². The van der Waals surface area contributed by atoms with E-state index in [9.17, 15) is 13.2 Å². The SMILES string of the molecule is CCCS(=O)(=O)N[C@@H](C(=O)OC(C)(C)C)c1ccccc1. The van der Waals surface area contributed by atoms with Crippen LogP contribution in [0.15, 0.2) is 30.3 Å². The number of hydrogen-bond acceptors (Lipinski definition) is 4. The Morgan fingerprint density at radius 1 is 1.24 bits per heavy atom. The van der Waals surface area contributed by atoms with Gasteiger partial charge in [0.2, 0.25) is 10.0 Å². The molecule has 0 spiro atoms. The summed E-state index contributed by atoms with van der Waals surface area (Å²) in [5.41, 5.74) is -0.119. The second kappa shape index (κ2) is 7.04. The van der Waals surface area contributed by atoms with Gasteiger partial charge in [0.25, 0.3) is 0 Å². The summed E-state index contributed by atoms with van der Waals surface area (Å²) in [6.07, 6.45) is 0.477. The summed E-state index contributed by atoms with van der Waals surface area (Å²) in [5, 5.41) is 0. The first-order valence-corrected chi connectivity index (χ1v) is 8.57. The summed E-state index contributed by atoms with van der Waals surface area (Å²) >= 11 is 0. The Hall–Kier alpha value is -1.40. The number of carbonyl (C=O) groups excluding carboxylic acids is 1. The van der Waals surface area contributed by atoms with E-state index in [1.54, 1.807) is 58.0 Å². The minimum Gasteiger partial charge on any atom is -0.459 e. The smallest absolute Gasteiger partial charge is 0.329 e. The van der Waals surface area contributed by atoms with Crippen LogP contribution in [0, 0.1) is 0 Å². The van der Waals surface area contributed by atoms with Crippen LogP contribution < -0.4 is 4.72 Å². The summed E-state index contributed by atoms with van der Waals surface area (Å²) < 4.78 is 31.7. The van der Waals surface area contributed by atoms with Gasteiger partial charge in [-0.25, -0.2) is 13.2 Å². The molecule has 0 radical (unpaired) electrons. The molecule has 0 fully saturated rings. The zero-order valence-electron chi connectivity index (χ0n) is 12.9. The van der Waals surface area contributed by atoms with Gasteiger partial charge in [-0.2, -0.15) is 4.72 Å². The van der Waals surface area contributed by atoms with E-state index in [-0.39, 0.29) is 5.75 Å². The molecule has 5 nitrogen and oxygen atoms in total. The van der Waals surface area contributed by atoms with Crippen LogP contribution >= 0.6 is 0 Å². The zero-order valence-corrected chi connectivity index (χ0v) is 13.7. The van der Waals surface area contributed by atoms with E-state index in [4.69, 9.17) is 4.74 Å². The molecule has 118 valence electrons. The molecule has 1 atom stereocenters. The van der Waals surface area contributed by atoms with E-state index in [0.29, 0.717) is 12.0 Å². The van der Waals surface area contributed by atoms with Crippen molar-refractivity contribution >= 4 is 16.0 Å². The molecule has 6 heteroatoms. The first-order chi connectivity index (χ1) is 9.64. The Balaban J connectivity index is 3.04. The van der Waals surface area contributed by atoms with E-state index in [2.05, 4.69) is 4.72 Å². The van der Waals surface area contributed by atoms with Crippen molar-refractivity contribution in [2.75, 3.05) is 5.75 Å². The molecule has 1 N–H and O–H groups in total. The van der Waals surface area contributed by atoms with Crippen LogP contribution in [0.4, 0.5) is 0 Å². The fourth-order valence-electron chi connectivity index (χ4n) is 1.77. The van der Waals surface area contributed by atoms with Gasteiger partial charge in [-0.15, -0.1) is 0 Å². The molecule has 0 aliphatic rings. The minimum atomic E-state index is -3.53. The molecule has 0 saturated heterocycles. The quantitative estimate of drug-likeness (QED) is 0.819. The van der Waals surface area contributed by atoms with Gasteiger partial charge < -0.3 is 4.74 Å². The molecule has 21 heavy (non-hydrogen) atoms. The lowest BCUT2D eigenvalue weighted by molar-refractivity contribution is -0.157. The van der Waals surface area contributed by atoms with Gasteiger partial charge in [0.05, 0.1) is 5.75 Å². The summed E-state index contributed by atoms with van der Waals surface area (Å²) in [6, 6.07) is 7.67. The Kier molecular flexibility index (Phi) is 5.92. The summed E-state index contributed by atoms with van der Waals surface area (Å²) in [5.74, 6) is -0.632. The van der Waals surface area contributed by atoms with Crippen LogP contribution in [0.1, 0.15) is 45.7 Å². The molecule has 1 rings (SSSR count). The van der Waals surface area contributed by atoms with Crippen molar-refractivity contribution in [1.82, 2.24) is 4.72 Å². The van der Waals surface area contributed by atoms with Crippen molar-refractivity contribution in [2.24, 2.45) is 0 Å². The molecular formula is C15H23NO4S. The average molecular weight is 313 g/mol. The predicted octanol–water partition coefficient (Wildman–Crippen LogP) is 2.40. The molecule has 1 aromatic carbocycles. The highest BCUT2D eigenvalue weighted by molar-refractivity contribution is 7.89. The van der Waals surface area contributed by atoms with Crippen LogP contribution in [0.3, 0.4) is 0 Å². The van der Waals surface area contributed by atoms with Crippen molar-refractivity contribution in [3.8, 4) is 0 Å². The Labute approximate surface area is 126 Å². The highest BCUT2D eigenvalue weighted by Gasteiger charge is 2.29. The second-order valence-electron chi connectivity index (χ2n) is 5.81. The van der Waals surface area contributed by atoms with Crippen LogP contribution in [0.5, 0.6) is 0 Å². The third-order valence-electron chi connectivity index (χ3n) is 2.55. The Morgan fingerprint density at radius 3 is 2.29 bits per heavy atom. The fourth-order valence-corrected chi connectivity index (χ4v) is 3.01. The van der Waals surface area contributed by atoms with Crippen molar-refractivity contribution < 1.29 is 17.9 Å². The van der Waals surface area contributed by atoms with Crippen LogP contribution in [0.2, 0.25) is 0 Å². The van der Waals surface area contributed by atoms with E-state index < -0.39 is 27.6 Å². The summed E-state index contributed by atoms with van der Waals surface area (Å²) in [4.78, 5) is 12.3. The lowest BCUT2D eigenvalue weighted by atomic mass is 10.1. The number of benzene rings is 1. The maximum Gasteiger partial charge on any atom is 0.329 e. The molecule has 0 aliphatic carbocycles. The molecular weight excluding hydrogens is 290 g/mol. The van der Waals surface area contributed by atoms with Crippen molar-refractivity contribution in [1.29, 1.82) is 0 Å². The molecule has 0 heterocycles. The highest BCUT2D eigenvalue weighted by Crippen LogP contribution is 2.19. The molecule has 0 amide bonds. The van der Waals surface area contributed by atoms with Gasteiger partial charge in [-0.05, 0) is 32.8 Å². The highest BCUT2D eigenvalue weighted by atomic mass is 32.2. The lowest BCUT2D eigenvalue weighted by Gasteiger charge is -2.24. The topological polar surface area (TPSA) is 72.5 Å². The first kappa shape index (κ1) is 17.7. The Bertz CT molecular complexity index is 561. The number of carbonyl (C=O) groups is 1. The van der Waals surface area contributed by atoms with Crippen molar-refractivity contribution in [3.05, 3.63) is 35.9 Å². The third-order valence-corrected chi connectivity index (χ3v) is 4.09. The maximum atomic E-state index is 12.3. The predicted molar refractivity (Wildman–Crippen MR) is 82.2 cm³/mol. The monoisotopic (exact) mass is 313 g/mol. The van der Waals surface area contributed by atoms with Gasteiger partial charge in [0.1, 0.15) is 11.6 Å². The number of esters is 1. The minimum absolute atomic E-state index is 0.0286. The van der Waals surface area contributed by atoms with Gasteiger partial charge in [-0.1, -0.05) is 37.3 Å². The van der Waals surface area contributed by atoms with Crippen LogP contribution in [-0.4, -0.2) is 25.7 Å². The van der Waals surface area contributed by atoms with E-state index >= 15 is 0 Å². The molecule has 1 aromatic rings. The molecule has 0 unspecified atom stereocenters. The molecule has 0 bridgehead atoms. The average Bonchev–Trinajstić information content (AvgIpc) is 2.35. The summed E-state index contributed by atoms with van der Waals surface area (Å²) in [7, 11) is -3.53. The van der Waals surface area contributed by atoms with Gasteiger partial charge in [0.15, 0.2) is 0 Å². The van der Waals surface area contributed by atoms with Gasteiger partial charge >= 0.3 is 5.97 Å². The van der Waals surface area contributed by atoms with Crippen LogP contribution in [0.25, 0.3) is 0 Å².